The van der Waals surface area contributed by atoms with Gasteiger partial charge >= 0.3 is 12.1 Å². The van der Waals surface area contributed by atoms with E-state index in [1.165, 1.54) is 6.07 Å². The number of halogens is 3. The summed E-state index contributed by atoms with van der Waals surface area (Å²) in [6.45, 7) is 8.90. The minimum Gasteiger partial charge on any atom is -0.458 e. The molecule has 0 bridgehead atoms. The number of carbonyl (C=O) groups is 1. The molecule has 0 spiro atoms. The fourth-order valence-corrected chi connectivity index (χ4v) is 4.65. The van der Waals surface area contributed by atoms with Gasteiger partial charge in [0, 0.05) is 18.8 Å². The number of alkyl halides is 3. The number of hydrogen-bond acceptors (Lipinski definition) is 10. The lowest BCUT2D eigenvalue weighted by Gasteiger charge is -2.34. The third kappa shape index (κ3) is 8.42. The number of carbonyl (C=O) groups excluding carboxylic acids is 1. The lowest BCUT2D eigenvalue weighted by atomic mass is 9.96. The number of benzene rings is 1. The second-order valence-electron chi connectivity index (χ2n) is 8.06. The van der Waals surface area contributed by atoms with Crippen LogP contribution in [0, 0.1) is 0 Å². The van der Waals surface area contributed by atoms with Gasteiger partial charge in [-0.3, -0.25) is 4.72 Å². The second-order valence-corrected chi connectivity index (χ2v) is 10.8. The molecule has 1 aliphatic rings. The number of thioether (sulfide) groups is 1. The molecule has 0 saturated carbocycles. The molecule has 3 N–H and O–H groups in total. The molecule has 35 heavy (non-hydrogen) atoms. The van der Waals surface area contributed by atoms with Crippen molar-refractivity contribution in [3.05, 3.63) is 29.3 Å². The van der Waals surface area contributed by atoms with E-state index in [4.69, 9.17) is 10.6 Å². The molecule has 1 aliphatic heterocycles. The number of hydrazone groups is 1. The SMILES string of the molecule is C=C(N=Nc1cc2c(cc1NS(=O)(=O)CC(F)(F)F)N(C)C(C)CC2)S/C(=N\N)C(=O)OC(C)C. The third-order valence-corrected chi connectivity index (χ3v) is 6.83. The van der Waals surface area contributed by atoms with Crippen LogP contribution in [-0.2, 0) is 26.0 Å². The molecule has 1 heterocycles. The van der Waals surface area contributed by atoms with Crippen molar-refractivity contribution in [3.63, 3.8) is 0 Å². The molecule has 10 nitrogen and oxygen atoms in total. The van der Waals surface area contributed by atoms with E-state index in [1.807, 2.05) is 16.5 Å². The van der Waals surface area contributed by atoms with Gasteiger partial charge in [-0.15, -0.1) is 10.2 Å². The second kappa shape index (κ2) is 11.3. The monoisotopic (exact) mass is 536 g/mol. The number of esters is 1. The molecule has 0 radical (unpaired) electrons. The zero-order valence-corrected chi connectivity index (χ0v) is 21.2. The zero-order chi connectivity index (χ0) is 26.6. The van der Waals surface area contributed by atoms with Gasteiger partial charge in [0.15, 0.2) is 5.75 Å². The van der Waals surface area contributed by atoms with Gasteiger partial charge < -0.3 is 15.5 Å². The quantitative estimate of drug-likeness (QED) is 0.132. The number of rotatable bonds is 7. The molecule has 15 heteroatoms. The van der Waals surface area contributed by atoms with Crippen molar-refractivity contribution in [3.8, 4) is 0 Å². The predicted molar refractivity (Wildman–Crippen MR) is 130 cm³/mol. The number of nitrogens with one attached hydrogen (secondary N) is 1. The van der Waals surface area contributed by atoms with Crippen molar-refractivity contribution in [1.29, 1.82) is 0 Å². The number of fused-ring (bicyclic) bond motifs is 1. The maximum absolute atomic E-state index is 12.8. The molecular weight excluding hydrogens is 509 g/mol. The summed E-state index contributed by atoms with van der Waals surface area (Å²) in [5.74, 6) is 2.37. The van der Waals surface area contributed by atoms with Crippen LogP contribution in [-0.4, -0.2) is 50.6 Å². The van der Waals surface area contributed by atoms with E-state index in [2.05, 4.69) is 21.9 Å². The van der Waals surface area contributed by atoms with Crippen LogP contribution in [0.1, 0.15) is 32.8 Å². The number of nitrogens with zero attached hydrogens (tertiary/aromatic N) is 4. The molecule has 0 saturated heterocycles. The Bertz CT molecular complexity index is 1140. The topological polar surface area (TPSA) is 139 Å². The highest BCUT2D eigenvalue weighted by Crippen LogP contribution is 2.39. The summed E-state index contributed by atoms with van der Waals surface area (Å²) < 4.78 is 69.5. The molecule has 1 aromatic rings. The Labute approximate surface area is 205 Å². The smallest absolute Gasteiger partial charge is 0.404 e. The predicted octanol–water partition coefficient (Wildman–Crippen LogP) is 4.27. The van der Waals surface area contributed by atoms with Crippen molar-refractivity contribution in [2.24, 2.45) is 21.2 Å². The van der Waals surface area contributed by atoms with Crippen LogP contribution in [0.25, 0.3) is 0 Å². The van der Waals surface area contributed by atoms with Crippen LogP contribution in [0.2, 0.25) is 0 Å². The molecular formula is C20H27F3N6O4S2. The lowest BCUT2D eigenvalue weighted by molar-refractivity contribution is -0.138. The summed E-state index contributed by atoms with van der Waals surface area (Å²) in [5.41, 5.74) is 1.29. The van der Waals surface area contributed by atoms with Crippen LogP contribution in [0.4, 0.5) is 30.2 Å². The largest absolute Gasteiger partial charge is 0.458 e. The van der Waals surface area contributed by atoms with Gasteiger partial charge in [0.05, 0.1) is 11.8 Å². The van der Waals surface area contributed by atoms with E-state index in [0.717, 1.165) is 12.0 Å². The van der Waals surface area contributed by atoms with Crippen molar-refractivity contribution in [1.82, 2.24) is 0 Å². The van der Waals surface area contributed by atoms with Crippen LogP contribution in [0.3, 0.4) is 0 Å². The van der Waals surface area contributed by atoms with E-state index >= 15 is 0 Å². The van der Waals surface area contributed by atoms with Gasteiger partial charge in [0.1, 0.15) is 10.7 Å². The van der Waals surface area contributed by atoms with Crippen LogP contribution < -0.4 is 15.5 Å². The number of azo groups is 1. The van der Waals surface area contributed by atoms with E-state index in [1.54, 1.807) is 27.0 Å². The molecule has 0 aliphatic carbocycles. The lowest BCUT2D eigenvalue weighted by Crippen LogP contribution is -2.33. The minimum absolute atomic E-state index is 0.0183. The van der Waals surface area contributed by atoms with Crippen LogP contribution in [0.5, 0.6) is 0 Å². The minimum atomic E-state index is -4.93. The molecule has 0 amide bonds. The van der Waals surface area contributed by atoms with Crippen molar-refractivity contribution in [2.45, 2.75) is 51.9 Å². The first-order chi connectivity index (χ1) is 16.1. The third-order valence-electron chi connectivity index (χ3n) is 4.81. The number of anilines is 2. The summed E-state index contributed by atoms with van der Waals surface area (Å²) >= 11 is 0.670. The summed E-state index contributed by atoms with van der Waals surface area (Å²) in [4.78, 5) is 13.9. The van der Waals surface area contributed by atoms with Crippen LogP contribution >= 0.6 is 11.8 Å². The average molecular weight is 537 g/mol. The number of nitrogens with two attached hydrogens (primary N) is 1. The Morgan fingerprint density at radius 2 is 2.06 bits per heavy atom. The van der Waals surface area contributed by atoms with Gasteiger partial charge in [-0.1, -0.05) is 6.58 Å². The maximum atomic E-state index is 12.8. The van der Waals surface area contributed by atoms with Crippen molar-refractivity contribution >= 4 is 49.9 Å². The standard InChI is InChI=1S/C20H27F3N6O4S2/c1-11(2)33-19(30)18(25-24)34-13(4)26-27-15-8-14-7-6-12(3)29(5)17(14)9-16(15)28-35(31,32)10-20(21,22)23/h8-9,11-12,28H,4,6-7,10,24H2,1-3,5H3/b25-18-,27-26?. The van der Waals surface area contributed by atoms with Crippen molar-refractivity contribution in [2.75, 3.05) is 22.4 Å². The van der Waals surface area contributed by atoms with Gasteiger partial charge in [-0.25, -0.2) is 13.2 Å². The van der Waals surface area contributed by atoms with Crippen LogP contribution in [0.15, 0.2) is 39.1 Å². The average Bonchev–Trinajstić information content (AvgIpc) is 2.71. The Morgan fingerprint density at radius 3 is 2.63 bits per heavy atom. The molecule has 194 valence electrons. The summed E-state index contributed by atoms with van der Waals surface area (Å²) in [6, 6.07) is 3.12. The number of aryl methyl sites for hydroxylation is 1. The Hall–Kier alpha value is -2.81. The van der Waals surface area contributed by atoms with Gasteiger partial charge in [0.25, 0.3) is 0 Å². The summed E-state index contributed by atoms with van der Waals surface area (Å²) in [5, 5.41) is 10.9. The first kappa shape index (κ1) is 28.4. The fraction of sp³-hybridized carbons (Fsp3) is 0.500. The highest BCUT2D eigenvalue weighted by molar-refractivity contribution is 8.18. The van der Waals surface area contributed by atoms with Gasteiger partial charge in [-0.2, -0.15) is 18.3 Å². The highest BCUT2D eigenvalue weighted by Gasteiger charge is 2.36. The molecule has 0 fully saturated rings. The maximum Gasteiger partial charge on any atom is 0.404 e. The Morgan fingerprint density at radius 1 is 1.40 bits per heavy atom. The number of ether oxygens (including phenoxy) is 1. The fourth-order valence-electron chi connectivity index (χ4n) is 3.15. The molecule has 2 rings (SSSR count). The van der Waals surface area contributed by atoms with Crippen molar-refractivity contribution < 1.29 is 31.1 Å². The number of sulfonamides is 1. The Kier molecular flexibility index (Phi) is 9.17. The molecule has 1 aromatic carbocycles. The highest BCUT2D eigenvalue weighted by atomic mass is 32.2. The van der Waals surface area contributed by atoms with Gasteiger partial charge in [-0.05, 0) is 63.1 Å². The number of hydrogen-bond donors (Lipinski definition) is 2. The van der Waals surface area contributed by atoms with E-state index < -0.39 is 34.0 Å². The molecule has 0 aromatic heterocycles. The van der Waals surface area contributed by atoms with E-state index in [-0.39, 0.29) is 27.5 Å². The first-order valence-corrected chi connectivity index (χ1v) is 12.8. The zero-order valence-electron chi connectivity index (χ0n) is 19.6. The summed E-state index contributed by atoms with van der Waals surface area (Å²) in [7, 11) is -2.97. The normalized spacial score (nSPS) is 17.0. The molecule has 1 unspecified atom stereocenters. The van der Waals surface area contributed by atoms with E-state index in [0.29, 0.717) is 23.9 Å². The van der Waals surface area contributed by atoms with Gasteiger partial charge in [0.2, 0.25) is 15.1 Å². The van der Waals surface area contributed by atoms with E-state index in [9.17, 15) is 26.4 Å². The molecule has 1 atom stereocenters. The first-order valence-electron chi connectivity index (χ1n) is 10.4. The summed E-state index contributed by atoms with van der Waals surface area (Å²) in [6.07, 6.45) is -3.88. The Balaban J connectivity index is 2.38.